The third kappa shape index (κ3) is 7.02. The second-order valence-corrected chi connectivity index (χ2v) is 11.1. The number of allylic oxidation sites excluding steroid dienone is 1. The second kappa shape index (κ2) is 11.3. The lowest BCUT2D eigenvalue weighted by Crippen LogP contribution is -2.36. The maximum atomic E-state index is 13.2. The number of esters is 1. The van der Waals surface area contributed by atoms with Crippen molar-refractivity contribution in [3.63, 3.8) is 0 Å². The van der Waals surface area contributed by atoms with Gasteiger partial charge in [0.1, 0.15) is 29.1 Å². The van der Waals surface area contributed by atoms with E-state index < -0.39 is 41.8 Å². The number of carbonyl (C=O) groups is 3. The molecule has 1 fully saturated rings. The number of ether oxygens (including phenoxy) is 4. The van der Waals surface area contributed by atoms with Crippen LogP contribution in [0, 0.1) is 0 Å². The molecule has 0 bridgehead atoms. The number of phenols is 1. The third-order valence-corrected chi connectivity index (χ3v) is 6.30. The van der Waals surface area contributed by atoms with Gasteiger partial charge in [0, 0.05) is 19.0 Å². The predicted octanol–water partition coefficient (Wildman–Crippen LogP) is 5.54. The number of benzene rings is 1. The number of hydrogen-bond acceptors (Lipinski definition) is 8. The molecule has 9 nitrogen and oxygen atoms in total. The maximum Gasteiger partial charge on any atom is 0.414 e. The van der Waals surface area contributed by atoms with Gasteiger partial charge in [-0.25, -0.2) is 9.59 Å². The van der Waals surface area contributed by atoms with Gasteiger partial charge in [0.15, 0.2) is 11.6 Å². The number of rotatable bonds is 2. The molecule has 1 aromatic carbocycles. The van der Waals surface area contributed by atoms with Crippen LogP contribution in [0.4, 0.5) is 10.5 Å². The van der Waals surface area contributed by atoms with E-state index in [0.29, 0.717) is 23.2 Å². The third-order valence-electron chi connectivity index (χ3n) is 6.30. The highest BCUT2D eigenvalue weighted by Gasteiger charge is 2.44. The van der Waals surface area contributed by atoms with Gasteiger partial charge in [-0.3, -0.25) is 9.69 Å². The first-order valence-electron chi connectivity index (χ1n) is 12.9. The Balaban J connectivity index is 2.08. The summed E-state index contributed by atoms with van der Waals surface area (Å²) < 4.78 is 23.1. The number of carbonyl (C=O) groups excluding carboxylic acids is 3. The van der Waals surface area contributed by atoms with Gasteiger partial charge in [-0.1, -0.05) is 18.2 Å². The highest BCUT2D eigenvalue weighted by molar-refractivity contribution is 5.99. The Morgan fingerprint density at radius 2 is 1.89 bits per heavy atom. The zero-order valence-corrected chi connectivity index (χ0v) is 23.5. The summed E-state index contributed by atoms with van der Waals surface area (Å²) in [5.74, 6) is -2.10. The quantitative estimate of drug-likeness (QED) is 0.393. The van der Waals surface area contributed by atoms with Crippen LogP contribution in [0.3, 0.4) is 0 Å². The van der Waals surface area contributed by atoms with E-state index in [4.69, 9.17) is 18.9 Å². The molecular formula is C29H39NO8. The van der Waals surface area contributed by atoms with E-state index in [1.165, 1.54) is 11.0 Å². The number of Topliss-reactive ketones (excluding diaryl/α,β-unsaturated/α-hetero) is 1. The Hall–Kier alpha value is -3.17. The Labute approximate surface area is 224 Å². The number of cyclic esters (lactones) is 1. The highest BCUT2D eigenvalue weighted by atomic mass is 16.8. The first-order chi connectivity index (χ1) is 17.6. The molecule has 2 aliphatic heterocycles. The summed E-state index contributed by atoms with van der Waals surface area (Å²) in [6, 6.07) is 2.97. The highest BCUT2D eigenvalue weighted by Crippen LogP contribution is 2.34. The van der Waals surface area contributed by atoms with E-state index in [2.05, 4.69) is 0 Å². The number of ketones is 1. The van der Waals surface area contributed by atoms with Gasteiger partial charge in [-0.2, -0.15) is 0 Å². The van der Waals surface area contributed by atoms with Crippen LogP contribution >= 0.6 is 0 Å². The molecule has 0 spiro atoms. The van der Waals surface area contributed by atoms with Crippen molar-refractivity contribution >= 4 is 29.6 Å². The summed E-state index contributed by atoms with van der Waals surface area (Å²) >= 11 is 0. The zero-order chi connectivity index (χ0) is 28.4. The SMILES string of the molecule is CCN(C(=O)OC(C)(C)C)c1cc(O)c2c(c1)C=CC[C@@H]1OC(C)(C)O[C@@H]1C(=O)CC=C(C)[C@H](C)OC2=O. The van der Waals surface area contributed by atoms with Crippen LogP contribution < -0.4 is 4.90 Å². The van der Waals surface area contributed by atoms with E-state index in [-0.39, 0.29) is 30.1 Å². The predicted molar refractivity (Wildman–Crippen MR) is 143 cm³/mol. The molecule has 1 N–H and O–H groups in total. The molecule has 0 saturated carbocycles. The fraction of sp³-hybridized carbons (Fsp3) is 0.552. The molecule has 0 unspecified atom stereocenters. The number of hydrogen-bond donors (Lipinski definition) is 1. The molecule has 0 aromatic heterocycles. The first kappa shape index (κ1) is 29.4. The molecular weight excluding hydrogens is 490 g/mol. The summed E-state index contributed by atoms with van der Waals surface area (Å²) in [6.45, 7) is 14.3. The average Bonchev–Trinajstić information content (AvgIpc) is 3.09. The molecule has 1 aromatic rings. The molecule has 3 atom stereocenters. The smallest absolute Gasteiger partial charge is 0.414 e. The van der Waals surface area contributed by atoms with Crippen molar-refractivity contribution in [2.24, 2.45) is 0 Å². The Morgan fingerprint density at radius 1 is 1.21 bits per heavy atom. The average molecular weight is 530 g/mol. The molecule has 1 amide bonds. The van der Waals surface area contributed by atoms with Gasteiger partial charge in [-0.05, 0) is 79.0 Å². The molecule has 208 valence electrons. The van der Waals surface area contributed by atoms with Crippen molar-refractivity contribution in [3.8, 4) is 5.75 Å². The minimum Gasteiger partial charge on any atom is -0.507 e. The Morgan fingerprint density at radius 3 is 2.53 bits per heavy atom. The van der Waals surface area contributed by atoms with Crippen molar-refractivity contribution in [3.05, 3.63) is 41.0 Å². The topological polar surface area (TPSA) is 112 Å². The van der Waals surface area contributed by atoms with Gasteiger partial charge in [0.2, 0.25) is 0 Å². The van der Waals surface area contributed by atoms with E-state index in [1.807, 2.05) is 0 Å². The van der Waals surface area contributed by atoms with E-state index in [9.17, 15) is 19.5 Å². The summed E-state index contributed by atoms with van der Waals surface area (Å²) in [5, 5.41) is 11.0. The van der Waals surface area contributed by atoms with Crippen LogP contribution in [0.5, 0.6) is 5.75 Å². The van der Waals surface area contributed by atoms with Crippen molar-refractivity contribution in [2.75, 3.05) is 11.4 Å². The van der Waals surface area contributed by atoms with Crippen LogP contribution in [0.1, 0.15) is 84.2 Å². The largest absolute Gasteiger partial charge is 0.507 e. The monoisotopic (exact) mass is 529 g/mol. The van der Waals surface area contributed by atoms with Crippen LogP contribution in [0.25, 0.3) is 6.08 Å². The minimum absolute atomic E-state index is 0.0292. The molecule has 0 radical (unpaired) electrons. The van der Waals surface area contributed by atoms with Gasteiger partial charge in [0.05, 0.1) is 11.8 Å². The van der Waals surface area contributed by atoms with Gasteiger partial charge in [0.25, 0.3) is 0 Å². The van der Waals surface area contributed by atoms with Gasteiger partial charge in [-0.15, -0.1) is 0 Å². The normalized spacial score (nSPS) is 24.0. The second-order valence-electron chi connectivity index (χ2n) is 11.1. The minimum atomic E-state index is -0.920. The number of amides is 1. The van der Waals surface area contributed by atoms with E-state index in [1.54, 1.807) is 79.7 Å². The van der Waals surface area contributed by atoms with Crippen LogP contribution in [-0.4, -0.2) is 59.2 Å². The van der Waals surface area contributed by atoms with Crippen molar-refractivity contribution < 1.29 is 38.4 Å². The summed E-state index contributed by atoms with van der Waals surface area (Å²) in [4.78, 5) is 40.4. The number of fused-ring (bicyclic) bond motifs is 2. The number of aromatic hydroxyl groups is 1. The van der Waals surface area contributed by atoms with Crippen LogP contribution in [-0.2, 0) is 23.7 Å². The summed E-state index contributed by atoms with van der Waals surface area (Å²) in [5.41, 5.74) is 0.651. The fourth-order valence-corrected chi connectivity index (χ4v) is 4.34. The van der Waals surface area contributed by atoms with Crippen molar-refractivity contribution in [2.45, 2.75) is 97.9 Å². The number of phenolic OH excluding ortho intramolecular Hbond substituents is 1. The maximum absolute atomic E-state index is 13.2. The van der Waals surface area contributed by atoms with E-state index in [0.717, 1.165) is 0 Å². The van der Waals surface area contributed by atoms with Gasteiger partial charge < -0.3 is 24.1 Å². The first-order valence-corrected chi connectivity index (χ1v) is 12.9. The lowest BCUT2D eigenvalue weighted by atomic mass is 9.99. The zero-order valence-electron chi connectivity index (χ0n) is 23.5. The molecule has 1 saturated heterocycles. The molecule has 0 aliphatic carbocycles. The molecule has 3 rings (SSSR count). The number of nitrogens with zero attached hydrogens (tertiary/aromatic N) is 1. The summed E-state index contributed by atoms with van der Waals surface area (Å²) in [7, 11) is 0. The lowest BCUT2D eigenvalue weighted by Gasteiger charge is -2.27. The molecule has 2 heterocycles. The van der Waals surface area contributed by atoms with Crippen molar-refractivity contribution in [1.29, 1.82) is 0 Å². The molecule has 9 heteroatoms. The number of anilines is 1. The fourth-order valence-electron chi connectivity index (χ4n) is 4.34. The van der Waals surface area contributed by atoms with E-state index >= 15 is 0 Å². The van der Waals surface area contributed by atoms with Crippen molar-refractivity contribution in [1.82, 2.24) is 0 Å². The standard InChI is InChI=1S/C29H39NO8/c1-9-30(27(34)38-28(4,5)6)20-15-19-11-10-12-23-25(37-29(7,8)36-23)21(31)14-13-17(2)18(3)35-26(33)24(19)22(32)16-20/h10-11,13,15-16,18,23,25,32H,9,12,14H2,1-8H3/t18-,23-,25+/m0/s1. The lowest BCUT2D eigenvalue weighted by molar-refractivity contribution is -0.154. The molecule has 38 heavy (non-hydrogen) atoms. The summed E-state index contributed by atoms with van der Waals surface area (Å²) in [6.07, 6.45) is 3.06. The van der Waals surface area contributed by atoms with Crippen LogP contribution in [0.15, 0.2) is 29.9 Å². The van der Waals surface area contributed by atoms with Crippen LogP contribution in [0.2, 0.25) is 0 Å². The molecule has 2 aliphatic rings. The van der Waals surface area contributed by atoms with Gasteiger partial charge >= 0.3 is 12.1 Å². The Kier molecular flexibility index (Phi) is 8.73. The Bertz CT molecular complexity index is 1140.